The zero-order valence-corrected chi connectivity index (χ0v) is 14.6. The molecule has 0 unspecified atom stereocenters. The fraction of sp³-hybridized carbons (Fsp3) is 0.625. The Morgan fingerprint density at radius 3 is 2.27 bits per heavy atom. The maximum atomic E-state index is 12.6. The van der Waals surface area contributed by atoms with Crippen LogP contribution >= 0.6 is 0 Å². The Labute approximate surface area is 134 Å². The lowest BCUT2D eigenvalue weighted by molar-refractivity contribution is 0.375. The Morgan fingerprint density at radius 2 is 1.68 bits per heavy atom. The van der Waals surface area contributed by atoms with Crippen molar-refractivity contribution in [2.45, 2.75) is 33.2 Å². The van der Waals surface area contributed by atoms with Gasteiger partial charge in [0.05, 0.1) is 0 Å². The molecule has 0 bridgehead atoms. The van der Waals surface area contributed by atoms with E-state index in [1.54, 1.807) is 7.05 Å². The van der Waals surface area contributed by atoms with Crippen molar-refractivity contribution in [2.24, 2.45) is 0 Å². The van der Waals surface area contributed by atoms with E-state index in [0.29, 0.717) is 19.6 Å². The highest BCUT2D eigenvalue weighted by Crippen LogP contribution is 2.26. The van der Waals surface area contributed by atoms with Crippen LogP contribution in [0.2, 0.25) is 0 Å². The molecule has 1 aromatic carbocycles. The fourth-order valence-corrected chi connectivity index (χ4v) is 4.33. The molecule has 1 aromatic rings. The summed E-state index contributed by atoms with van der Waals surface area (Å²) in [5, 5.41) is 0. The molecule has 0 radical (unpaired) electrons. The molecular weight excluding hydrogens is 298 g/mol. The molecule has 0 amide bonds. The summed E-state index contributed by atoms with van der Waals surface area (Å²) in [5.41, 5.74) is 2.24. The van der Waals surface area contributed by atoms with Gasteiger partial charge in [-0.3, -0.25) is 0 Å². The van der Waals surface area contributed by atoms with Gasteiger partial charge in [0.25, 0.3) is 10.2 Å². The predicted molar refractivity (Wildman–Crippen MR) is 91.2 cm³/mol. The summed E-state index contributed by atoms with van der Waals surface area (Å²) in [6, 6.07) is 8.13. The first kappa shape index (κ1) is 17.2. The lowest BCUT2D eigenvalue weighted by Crippen LogP contribution is -2.41. The van der Waals surface area contributed by atoms with Gasteiger partial charge in [-0.15, -0.1) is 0 Å². The summed E-state index contributed by atoms with van der Waals surface area (Å²) in [7, 11) is -1.73. The zero-order valence-electron chi connectivity index (χ0n) is 13.8. The Morgan fingerprint density at radius 1 is 1.09 bits per heavy atom. The van der Waals surface area contributed by atoms with Crippen molar-refractivity contribution >= 4 is 15.9 Å². The van der Waals surface area contributed by atoms with Crippen molar-refractivity contribution in [3.63, 3.8) is 0 Å². The summed E-state index contributed by atoms with van der Waals surface area (Å²) >= 11 is 0. The maximum Gasteiger partial charge on any atom is 0.282 e. The lowest BCUT2D eigenvalue weighted by Gasteiger charge is -2.27. The molecule has 0 aromatic heterocycles. The summed E-state index contributed by atoms with van der Waals surface area (Å²) in [6.45, 7) is 7.26. The molecule has 5 nitrogen and oxygen atoms in total. The third kappa shape index (κ3) is 3.62. The Hall–Kier alpha value is -1.11. The third-order valence-corrected chi connectivity index (χ3v) is 6.34. The number of benzene rings is 1. The van der Waals surface area contributed by atoms with Crippen molar-refractivity contribution in [1.82, 2.24) is 8.61 Å². The quantitative estimate of drug-likeness (QED) is 0.773. The second-order valence-corrected chi connectivity index (χ2v) is 7.71. The van der Waals surface area contributed by atoms with Gasteiger partial charge in [0.2, 0.25) is 0 Å². The molecule has 0 atom stereocenters. The number of para-hydroxylation sites is 1. The first-order valence-electron chi connectivity index (χ1n) is 8.05. The standard InChI is InChI=1S/C16H27N3O2S/c1-4-19(5-2)22(20,21)17(3)14-15-10-6-7-11-16(15)18-12-8-9-13-18/h6-7,10-11H,4-5,8-9,12-14H2,1-3H3. The molecule has 1 saturated heterocycles. The first-order chi connectivity index (χ1) is 10.5. The minimum atomic E-state index is -3.39. The van der Waals surface area contributed by atoms with Crippen LogP contribution < -0.4 is 4.90 Å². The molecule has 124 valence electrons. The summed E-state index contributed by atoms with van der Waals surface area (Å²) in [5.74, 6) is 0. The highest BCUT2D eigenvalue weighted by atomic mass is 32.2. The average molecular weight is 325 g/mol. The van der Waals surface area contributed by atoms with Crippen molar-refractivity contribution in [2.75, 3.05) is 38.1 Å². The predicted octanol–water partition coefficient (Wildman–Crippen LogP) is 2.31. The van der Waals surface area contributed by atoms with Crippen LogP contribution in [-0.4, -0.2) is 50.3 Å². The Balaban J connectivity index is 2.20. The van der Waals surface area contributed by atoms with Gasteiger partial charge in [-0.25, -0.2) is 0 Å². The monoisotopic (exact) mass is 325 g/mol. The number of hydrogen-bond donors (Lipinski definition) is 0. The molecule has 0 spiro atoms. The van der Waals surface area contributed by atoms with E-state index in [4.69, 9.17) is 0 Å². The molecule has 6 heteroatoms. The van der Waals surface area contributed by atoms with Gasteiger partial charge in [-0.2, -0.15) is 17.0 Å². The van der Waals surface area contributed by atoms with Gasteiger partial charge < -0.3 is 4.90 Å². The van der Waals surface area contributed by atoms with Crippen LogP contribution in [0.25, 0.3) is 0 Å². The first-order valence-corrected chi connectivity index (χ1v) is 9.44. The maximum absolute atomic E-state index is 12.6. The largest absolute Gasteiger partial charge is 0.371 e. The number of nitrogens with zero attached hydrogens (tertiary/aromatic N) is 3. The molecule has 1 heterocycles. The van der Waals surface area contributed by atoms with Crippen LogP contribution in [-0.2, 0) is 16.8 Å². The van der Waals surface area contributed by atoms with Gasteiger partial charge in [0.15, 0.2) is 0 Å². The van der Waals surface area contributed by atoms with Crippen molar-refractivity contribution < 1.29 is 8.42 Å². The molecule has 0 N–H and O–H groups in total. The molecule has 1 fully saturated rings. The van der Waals surface area contributed by atoms with E-state index in [0.717, 1.165) is 18.7 Å². The van der Waals surface area contributed by atoms with Gasteiger partial charge in [-0.05, 0) is 24.5 Å². The third-order valence-electron chi connectivity index (χ3n) is 4.26. The van der Waals surface area contributed by atoms with Crippen LogP contribution in [0.4, 0.5) is 5.69 Å². The highest BCUT2D eigenvalue weighted by Gasteiger charge is 2.25. The topological polar surface area (TPSA) is 43.9 Å². The zero-order chi connectivity index (χ0) is 16.2. The van der Waals surface area contributed by atoms with E-state index in [9.17, 15) is 8.42 Å². The van der Waals surface area contributed by atoms with Crippen LogP contribution in [0.5, 0.6) is 0 Å². The van der Waals surface area contributed by atoms with Crippen LogP contribution in [0.1, 0.15) is 32.3 Å². The van der Waals surface area contributed by atoms with Gasteiger partial charge >= 0.3 is 0 Å². The Kier molecular flexibility index (Phi) is 5.83. The lowest BCUT2D eigenvalue weighted by atomic mass is 10.1. The number of anilines is 1. The number of hydrogen-bond acceptors (Lipinski definition) is 3. The Bertz CT molecular complexity index is 579. The van der Waals surface area contributed by atoms with Crippen molar-refractivity contribution in [3.8, 4) is 0 Å². The second kappa shape index (κ2) is 7.44. The van der Waals surface area contributed by atoms with Crippen molar-refractivity contribution in [3.05, 3.63) is 29.8 Å². The number of rotatable bonds is 7. The van der Waals surface area contributed by atoms with Gasteiger partial charge in [0.1, 0.15) is 0 Å². The molecule has 2 rings (SSSR count). The smallest absolute Gasteiger partial charge is 0.282 e. The molecule has 1 aliphatic rings. The molecule has 0 aliphatic carbocycles. The van der Waals surface area contributed by atoms with Gasteiger partial charge in [0, 0.05) is 45.5 Å². The summed E-state index contributed by atoms with van der Waals surface area (Å²) < 4.78 is 28.1. The minimum absolute atomic E-state index is 0.408. The van der Waals surface area contributed by atoms with Gasteiger partial charge in [-0.1, -0.05) is 32.0 Å². The van der Waals surface area contributed by atoms with E-state index < -0.39 is 10.2 Å². The summed E-state index contributed by atoms with van der Waals surface area (Å²) in [4.78, 5) is 2.35. The normalized spacial score (nSPS) is 16.0. The van der Waals surface area contributed by atoms with Crippen LogP contribution in [0.3, 0.4) is 0 Å². The SMILES string of the molecule is CCN(CC)S(=O)(=O)N(C)Cc1ccccc1N1CCCC1. The van der Waals surface area contributed by atoms with E-state index in [1.165, 1.54) is 27.1 Å². The fourth-order valence-electron chi connectivity index (χ4n) is 2.98. The van der Waals surface area contributed by atoms with E-state index in [-0.39, 0.29) is 0 Å². The van der Waals surface area contributed by atoms with E-state index in [1.807, 2.05) is 32.0 Å². The average Bonchev–Trinajstić information content (AvgIpc) is 3.02. The van der Waals surface area contributed by atoms with Crippen molar-refractivity contribution in [1.29, 1.82) is 0 Å². The molecule has 1 aliphatic heterocycles. The molecule has 22 heavy (non-hydrogen) atoms. The highest BCUT2D eigenvalue weighted by molar-refractivity contribution is 7.86. The molecule has 0 saturated carbocycles. The van der Waals surface area contributed by atoms with E-state index in [2.05, 4.69) is 11.0 Å². The summed E-state index contributed by atoms with van der Waals surface area (Å²) in [6.07, 6.45) is 2.42. The van der Waals surface area contributed by atoms with E-state index >= 15 is 0 Å². The molecular formula is C16H27N3O2S. The van der Waals surface area contributed by atoms with Crippen LogP contribution in [0, 0.1) is 0 Å². The second-order valence-electron chi connectivity index (χ2n) is 5.67. The minimum Gasteiger partial charge on any atom is -0.371 e. The van der Waals surface area contributed by atoms with Crippen LogP contribution in [0.15, 0.2) is 24.3 Å².